The van der Waals surface area contributed by atoms with Crippen molar-refractivity contribution >= 4 is 18.4 Å². The highest BCUT2D eigenvalue weighted by molar-refractivity contribution is 5.85. The third kappa shape index (κ3) is 6.56. The standard InChI is InChI=1S/C29H33NO4.ClH/c1-20(31)34-27-17-24-19-29(33-3)28(32-2)18-23(24)16-26(27)30-15-14-25(21-10-6-4-7-11-21)22-12-8-5-9-13-22;/h4-13,18-19,25-27,30H,14-17H2,1-3H3;1H/t26-,27-;/m0./s1. The fourth-order valence-electron chi connectivity index (χ4n) is 4.92. The minimum Gasteiger partial charge on any atom is -0.493 e. The predicted octanol–water partition coefficient (Wildman–Crippen LogP) is 5.34. The molecule has 1 N–H and O–H groups in total. The smallest absolute Gasteiger partial charge is 0.302 e. The number of rotatable bonds is 9. The van der Waals surface area contributed by atoms with Crippen LogP contribution in [0, 0.1) is 0 Å². The zero-order valence-corrected chi connectivity index (χ0v) is 21.3. The first-order valence-corrected chi connectivity index (χ1v) is 11.8. The first-order valence-electron chi connectivity index (χ1n) is 11.8. The lowest BCUT2D eigenvalue weighted by Crippen LogP contribution is -2.48. The van der Waals surface area contributed by atoms with Crippen molar-refractivity contribution in [2.75, 3.05) is 20.8 Å². The Balaban J connectivity index is 0.00000342. The molecule has 2 atom stereocenters. The summed E-state index contributed by atoms with van der Waals surface area (Å²) in [7, 11) is 3.29. The average Bonchev–Trinajstić information content (AvgIpc) is 2.86. The molecule has 35 heavy (non-hydrogen) atoms. The maximum Gasteiger partial charge on any atom is 0.302 e. The Labute approximate surface area is 214 Å². The minimum atomic E-state index is -0.257. The molecule has 0 aliphatic heterocycles. The Morgan fingerprint density at radius 3 is 1.89 bits per heavy atom. The zero-order chi connectivity index (χ0) is 23.9. The van der Waals surface area contributed by atoms with E-state index in [1.165, 1.54) is 23.6 Å². The van der Waals surface area contributed by atoms with Crippen molar-refractivity contribution < 1.29 is 19.0 Å². The quantitative estimate of drug-likeness (QED) is 0.406. The van der Waals surface area contributed by atoms with Gasteiger partial charge in [-0.2, -0.15) is 0 Å². The second-order valence-corrected chi connectivity index (χ2v) is 8.76. The molecule has 0 fully saturated rings. The van der Waals surface area contributed by atoms with Crippen LogP contribution in [0.4, 0.5) is 0 Å². The number of benzene rings is 3. The topological polar surface area (TPSA) is 56.8 Å². The third-order valence-corrected chi connectivity index (χ3v) is 6.58. The summed E-state index contributed by atoms with van der Waals surface area (Å²) in [5.74, 6) is 1.46. The lowest BCUT2D eigenvalue weighted by molar-refractivity contribution is -0.148. The van der Waals surface area contributed by atoms with Gasteiger partial charge in [0.25, 0.3) is 0 Å². The zero-order valence-electron chi connectivity index (χ0n) is 20.5. The Hall–Kier alpha value is -3.02. The summed E-state index contributed by atoms with van der Waals surface area (Å²) in [6.45, 7) is 2.28. The highest BCUT2D eigenvalue weighted by Gasteiger charge is 2.32. The minimum absolute atomic E-state index is 0. The molecule has 0 heterocycles. The van der Waals surface area contributed by atoms with Crippen LogP contribution >= 0.6 is 12.4 Å². The first-order chi connectivity index (χ1) is 16.6. The van der Waals surface area contributed by atoms with Crippen molar-refractivity contribution in [2.24, 2.45) is 0 Å². The van der Waals surface area contributed by atoms with Crippen molar-refractivity contribution in [3.63, 3.8) is 0 Å². The number of nitrogens with one attached hydrogen (secondary N) is 1. The van der Waals surface area contributed by atoms with Crippen molar-refractivity contribution in [2.45, 2.75) is 44.2 Å². The molecule has 0 saturated heterocycles. The molecule has 186 valence electrons. The first kappa shape index (κ1) is 26.6. The molecular weight excluding hydrogens is 462 g/mol. The van der Waals surface area contributed by atoms with E-state index in [1.54, 1.807) is 14.2 Å². The van der Waals surface area contributed by atoms with E-state index in [9.17, 15) is 4.79 Å². The number of halogens is 1. The van der Waals surface area contributed by atoms with Gasteiger partial charge in [-0.25, -0.2) is 0 Å². The molecule has 0 saturated carbocycles. The van der Waals surface area contributed by atoms with E-state index < -0.39 is 0 Å². The van der Waals surface area contributed by atoms with Crippen LogP contribution in [-0.2, 0) is 22.4 Å². The van der Waals surface area contributed by atoms with E-state index in [0.717, 1.165) is 30.7 Å². The number of esters is 1. The monoisotopic (exact) mass is 495 g/mol. The van der Waals surface area contributed by atoms with Gasteiger partial charge in [0.05, 0.1) is 14.2 Å². The van der Waals surface area contributed by atoms with Gasteiger partial charge in [-0.05, 0) is 53.8 Å². The van der Waals surface area contributed by atoms with Crippen molar-refractivity contribution in [1.29, 1.82) is 0 Å². The SMILES string of the molecule is COc1cc2c(cc1OC)C[C@H](OC(C)=O)[C@@H](NCCC(c1ccccc1)c1ccccc1)C2.Cl. The molecule has 6 heteroatoms. The summed E-state index contributed by atoms with van der Waals surface area (Å²) in [6.07, 6.45) is 2.12. The Morgan fingerprint density at radius 1 is 0.886 bits per heavy atom. The van der Waals surface area contributed by atoms with Crippen LogP contribution in [0.1, 0.15) is 41.5 Å². The van der Waals surface area contributed by atoms with Crippen LogP contribution < -0.4 is 14.8 Å². The second-order valence-electron chi connectivity index (χ2n) is 8.76. The van der Waals surface area contributed by atoms with E-state index in [1.807, 2.05) is 12.1 Å². The molecule has 0 aromatic heterocycles. The Morgan fingerprint density at radius 2 is 1.40 bits per heavy atom. The lowest BCUT2D eigenvalue weighted by atomic mass is 9.85. The van der Waals surface area contributed by atoms with Gasteiger partial charge in [0.2, 0.25) is 0 Å². The molecule has 0 radical (unpaired) electrons. The van der Waals surface area contributed by atoms with Gasteiger partial charge in [0.1, 0.15) is 6.10 Å². The molecule has 5 nitrogen and oxygen atoms in total. The van der Waals surface area contributed by atoms with Gasteiger partial charge in [-0.15, -0.1) is 12.4 Å². The predicted molar refractivity (Wildman–Crippen MR) is 141 cm³/mol. The van der Waals surface area contributed by atoms with E-state index in [2.05, 4.69) is 66.0 Å². The van der Waals surface area contributed by atoms with E-state index in [-0.39, 0.29) is 30.5 Å². The third-order valence-electron chi connectivity index (χ3n) is 6.58. The van der Waals surface area contributed by atoms with Crippen molar-refractivity contribution in [3.05, 3.63) is 95.1 Å². The second kappa shape index (κ2) is 12.6. The van der Waals surface area contributed by atoms with E-state index >= 15 is 0 Å². The molecule has 3 aromatic rings. The molecule has 4 rings (SSSR count). The summed E-state index contributed by atoms with van der Waals surface area (Å²) in [6, 6.07) is 25.3. The number of methoxy groups -OCH3 is 2. The molecule has 0 bridgehead atoms. The van der Waals surface area contributed by atoms with Gasteiger partial charge in [-0.3, -0.25) is 4.79 Å². The van der Waals surface area contributed by atoms with E-state index in [4.69, 9.17) is 14.2 Å². The molecule has 0 spiro atoms. The van der Waals surface area contributed by atoms with E-state index in [0.29, 0.717) is 18.1 Å². The van der Waals surface area contributed by atoms with Gasteiger partial charge in [0.15, 0.2) is 11.5 Å². The van der Waals surface area contributed by atoms with Gasteiger partial charge in [0, 0.05) is 25.3 Å². The number of carbonyl (C=O) groups excluding carboxylic acids is 1. The molecule has 3 aromatic carbocycles. The number of hydrogen-bond donors (Lipinski definition) is 1. The van der Waals surface area contributed by atoms with Crippen LogP contribution in [0.5, 0.6) is 11.5 Å². The summed E-state index contributed by atoms with van der Waals surface area (Å²) in [5, 5.41) is 3.70. The fraction of sp³-hybridized carbons (Fsp3) is 0.345. The molecule has 1 aliphatic carbocycles. The highest BCUT2D eigenvalue weighted by atomic mass is 35.5. The van der Waals surface area contributed by atoms with Crippen LogP contribution in [0.25, 0.3) is 0 Å². The Kier molecular flexibility index (Phi) is 9.58. The maximum absolute atomic E-state index is 11.9. The summed E-state index contributed by atoms with van der Waals surface area (Å²) >= 11 is 0. The molecular formula is C29H34ClNO4. The maximum atomic E-state index is 11.9. The summed E-state index contributed by atoms with van der Waals surface area (Å²) in [5.41, 5.74) is 4.94. The number of ether oxygens (including phenoxy) is 3. The summed E-state index contributed by atoms with van der Waals surface area (Å²) < 4.78 is 16.7. The van der Waals surface area contributed by atoms with Crippen molar-refractivity contribution in [3.8, 4) is 11.5 Å². The highest BCUT2D eigenvalue weighted by Crippen LogP contribution is 2.35. The average molecular weight is 496 g/mol. The van der Waals surface area contributed by atoms with Crippen LogP contribution in [0.2, 0.25) is 0 Å². The Bertz CT molecular complexity index is 1050. The normalized spacial score (nSPS) is 16.7. The van der Waals surface area contributed by atoms with Crippen LogP contribution in [-0.4, -0.2) is 38.9 Å². The molecule has 1 aliphatic rings. The van der Waals surface area contributed by atoms with Gasteiger partial charge < -0.3 is 19.5 Å². The van der Waals surface area contributed by atoms with Gasteiger partial charge >= 0.3 is 5.97 Å². The molecule has 0 unspecified atom stereocenters. The van der Waals surface area contributed by atoms with Crippen LogP contribution in [0.15, 0.2) is 72.8 Å². The van der Waals surface area contributed by atoms with Crippen LogP contribution in [0.3, 0.4) is 0 Å². The van der Waals surface area contributed by atoms with Gasteiger partial charge in [-0.1, -0.05) is 60.7 Å². The molecule has 0 amide bonds. The number of hydrogen-bond acceptors (Lipinski definition) is 5. The number of carbonyl (C=O) groups is 1. The summed E-state index contributed by atoms with van der Waals surface area (Å²) in [4.78, 5) is 11.9. The number of fused-ring (bicyclic) bond motifs is 1. The largest absolute Gasteiger partial charge is 0.493 e. The fourth-order valence-corrected chi connectivity index (χ4v) is 4.92. The van der Waals surface area contributed by atoms with Crippen molar-refractivity contribution in [1.82, 2.24) is 5.32 Å². The lowest BCUT2D eigenvalue weighted by Gasteiger charge is -2.34.